The fourth-order valence-electron chi connectivity index (χ4n) is 4.80. The number of azo groups is 1. The lowest BCUT2D eigenvalue weighted by molar-refractivity contribution is 0.225. The Morgan fingerprint density at radius 3 is 2.09 bits per heavy atom. The van der Waals surface area contributed by atoms with E-state index in [2.05, 4.69) is 46.2 Å². The van der Waals surface area contributed by atoms with Crippen molar-refractivity contribution >= 4 is 84.0 Å². The van der Waals surface area contributed by atoms with E-state index in [0.717, 1.165) is 10.7 Å². The van der Waals surface area contributed by atoms with Gasteiger partial charge in [0.05, 0.1) is 27.9 Å². The SMILES string of the molecule is Cc1cc(Cl)c(-n2[nH]c(C)c(N=Nc3cc(Nc4nc(NCCN(C)CCO)nc(Nc5ccc(S(=O)(=O)O)cc5)n4)ccc3S(=O)(=O)O)c2=O)cc1Cl. The number of nitrogens with zero attached hydrogens (tertiary/aromatic N) is 7. The lowest BCUT2D eigenvalue weighted by Gasteiger charge is -2.16. The summed E-state index contributed by atoms with van der Waals surface area (Å²) in [6, 6.07) is 11.8. The molecule has 0 radical (unpaired) electrons. The summed E-state index contributed by atoms with van der Waals surface area (Å²) in [7, 11) is -7.43. The van der Waals surface area contributed by atoms with Crippen LogP contribution in [-0.2, 0) is 20.2 Å². The Kier molecular flexibility index (Phi) is 12.3. The first-order valence-electron chi connectivity index (χ1n) is 15.6. The van der Waals surface area contributed by atoms with Gasteiger partial charge in [0, 0.05) is 36.0 Å². The van der Waals surface area contributed by atoms with E-state index in [1.807, 2.05) is 11.9 Å². The average Bonchev–Trinajstić information content (AvgIpc) is 3.36. The average molecular weight is 823 g/mol. The molecule has 5 aromatic rings. The molecule has 54 heavy (non-hydrogen) atoms. The molecular formula is C31H33Cl2N11O8S2. The van der Waals surface area contributed by atoms with Gasteiger partial charge in [-0.05, 0) is 81.1 Å². The molecule has 0 fully saturated rings. The number of aliphatic hydroxyl groups excluding tert-OH is 1. The van der Waals surface area contributed by atoms with Crippen LogP contribution in [0.2, 0.25) is 10.0 Å². The van der Waals surface area contributed by atoms with Gasteiger partial charge in [-0.1, -0.05) is 23.2 Å². The number of aliphatic hydroxyl groups is 1. The number of benzene rings is 3. The molecule has 0 aliphatic rings. The molecule has 2 aromatic heterocycles. The quantitative estimate of drug-likeness (QED) is 0.0541. The summed E-state index contributed by atoms with van der Waals surface area (Å²) >= 11 is 12.6. The van der Waals surface area contributed by atoms with Crippen LogP contribution in [0.3, 0.4) is 0 Å². The van der Waals surface area contributed by atoms with Crippen molar-refractivity contribution < 1.29 is 31.0 Å². The monoisotopic (exact) mass is 821 g/mol. The second-order valence-corrected chi connectivity index (χ2v) is 15.3. The summed E-state index contributed by atoms with van der Waals surface area (Å²) in [5.41, 5.74) is 0.562. The van der Waals surface area contributed by atoms with Gasteiger partial charge in [-0.2, -0.15) is 31.8 Å². The molecule has 0 amide bonds. The van der Waals surface area contributed by atoms with E-state index < -0.39 is 30.7 Å². The standard InChI is InChI=1S/C31H33Cl2N11O8S2/c1-17-14-23(33)25(16-22(17)32)44-28(46)27(18(2)42-44)41-40-24-15-20(6-9-26(24)54(50,51)52)36-31-38-29(34-10-11-43(3)12-13-45)37-30(39-31)35-19-4-7-21(8-5-19)53(47,48)49/h4-9,14-16,42,45H,10-13H2,1-3H3,(H,47,48,49)(H,50,51,52)(H3,34,35,36,37,38,39). The van der Waals surface area contributed by atoms with Crippen molar-refractivity contribution in [2.45, 2.75) is 23.6 Å². The van der Waals surface area contributed by atoms with Gasteiger partial charge in [0.1, 0.15) is 10.6 Å². The number of nitrogens with one attached hydrogen (secondary N) is 4. The van der Waals surface area contributed by atoms with Crippen molar-refractivity contribution in [2.75, 3.05) is 49.2 Å². The molecule has 0 aliphatic heterocycles. The molecule has 0 bridgehead atoms. The van der Waals surface area contributed by atoms with Gasteiger partial charge in [0.2, 0.25) is 17.8 Å². The zero-order valence-electron chi connectivity index (χ0n) is 28.6. The number of halogens is 2. The van der Waals surface area contributed by atoms with E-state index in [4.69, 9.17) is 23.2 Å². The van der Waals surface area contributed by atoms with E-state index in [1.165, 1.54) is 42.5 Å². The molecule has 0 atom stereocenters. The smallest absolute Gasteiger partial charge is 0.299 e. The Bertz CT molecular complexity index is 2500. The molecule has 19 nitrogen and oxygen atoms in total. The fourth-order valence-corrected chi connectivity index (χ4v) is 6.35. The first-order valence-corrected chi connectivity index (χ1v) is 19.3. The molecule has 0 saturated heterocycles. The van der Waals surface area contributed by atoms with Crippen molar-refractivity contribution in [1.29, 1.82) is 0 Å². The van der Waals surface area contributed by atoms with Gasteiger partial charge in [-0.15, -0.1) is 10.2 Å². The van der Waals surface area contributed by atoms with Crippen LogP contribution in [0.4, 0.5) is 40.6 Å². The zero-order valence-corrected chi connectivity index (χ0v) is 31.8. The topological polar surface area (TPSA) is 269 Å². The van der Waals surface area contributed by atoms with Crippen LogP contribution in [0.25, 0.3) is 5.69 Å². The van der Waals surface area contributed by atoms with Crippen LogP contribution < -0.4 is 21.5 Å². The van der Waals surface area contributed by atoms with E-state index in [1.54, 1.807) is 19.9 Å². The first kappa shape index (κ1) is 40.2. The third kappa shape index (κ3) is 9.95. The predicted octanol–water partition coefficient (Wildman–Crippen LogP) is 5.01. The largest absolute Gasteiger partial charge is 0.395 e. The summed E-state index contributed by atoms with van der Waals surface area (Å²) in [4.78, 5) is 27.4. The zero-order chi connectivity index (χ0) is 39.4. The Balaban J connectivity index is 1.48. The van der Waals surface area contributed by atoms with Crippen LogP contribution in [0.5, 0.6) is 0 Å². The van der Waals surface area contributed by atoms with E-state index in [9.17, 15) is 35.8 Å². The molecule has 0 spiro atoms. The third-order valence-corrected chi connectivity index (χ3v) is 10.0. The molecule has 3 aromatic carbocycles. The second-order valence-electron chi connectivity index (χ2n) is 11.6. The van der Waals surface area contributed by atoms with Crippen molar-refractivity contribution in [1.82, 2.24) is 29.6 Å². The Hall–Kier alpha value is -5.00. The number of rotatable bonds is 15. The minimum Gasteiger partial charge on any atom is -0.395 e. The van der Waals surface area contributed by atoms with Gasteiger partial charge in [-0.25, -0.2) is 4.68 Å². The van der Waals surface area contributed by atoms with Crippen LogP contribution in [0, 0.1) is 13.8 Å². The maximum absolute atomic E-state index is 13.4. The minimum atomic E-state index is -4.82. The van der Waals surface area contributed by atoms with Gasteiger partial charge in [0.25, 0.3) is 25.8 Å². The summed E-state index contributed by atoms with van der Waals surface area (Å²) in [5.74, 6) is 0.0568. The van der Waals surface area contributed by atoms with Crippen LogP contribution >= 0.6 is 23.2 Å². The highest BCUT2D eigenvalue weighted by Gasteiger charge is 2.20. The van der Waals surface area contributed by atoms with Gasteiger partial charge in [0.15, 0.2) is 5.69 Å². The lowest BCUT2D eigenvalue weighted by Crippen LogP contribution is -2.28. The van der Waals surface area contributed by atoms with E-state index in [0.29, 0.717) is 35.9 Å². The predicted molar refractivity (Wildman–Crippen MR) is 202 cm³/mol. The first-order chi connectivity index (χ1) is 25.4. The van der Waals surface area contributed by atoms with Crippen molar-refractivity contribution in [3.8, 4) is 5.69 Å². The summed E-state index contributed by atoms with van der Waals surface area (Å²) in [6.07, 6.45) is 0. The molecule has 7 N–H and O–H groups in total. The highest BCUT2D eigenvalue weighted by molar-refractivity contribution is 7.86. The Morgan fingerprint density at radius 1 is 0.833 bits per heavy atom. The Morgan fingerprint density at radius 2 is 1.46 bits per heavy atom. The second kappa shape index (κ2) is 16.6. The molecule has 0 aliphatic carbocycles. The molecule has 0 unspecified atom stereocenters. The van der Waals surface area contributed by atoms with Crippen molar-refractivity contribution in [3.63, 3.8) is 0 Å². The Labute approximate surface area is 318 Å². The summed E-state index contributed by atoms with van der Waals surface area (Å²) in [5, 5.41) is 29.6. The summed E-state index contributed by atoms with van der Waals surface area (Å²) in [6.45, 7) is 4.58. The van der Waals surface area contributed by atoms with Gasteiger partial charge >= 0.3 is 0 Å². The van der Waals surface area contributed by atoms with Crippen molar-refractivity contribution in [3.05, 3.63) is 86.3 Å². The molecule has 0 saturated carbocycles. The molecular weight excluding hydrogens is 789 g/mol. The van der Waals surface area contributed by atoms with Crippen LogP contribution in [-0.4, -0.2) is 94.0 Å². The lowest BCUT2D eigenvalue weighted by atomic mass is 10.2. The van der Waals surface area contributed by atoms with Gasteiger partial charge < -0.3 is 26.0 Å². The normalized spacial score (nSPS) is 12.1. The summed E-state index contributed by atoms with van der Waals surface area (Å²) < 4.78 is 67.9. The highest BCUT2D eigenvalue weighted by Crippen LogP contribution is 2.32. The van der Waals surface area contributed by atoms with E-state index >= 15 is 0 Å². The van der Waals surface area contributed by atoms with Crippen molar-refractivity contribution in [2.24, 2.45) is 10.2 Å². The number of likely N-dealkylation sites (N-methyl/N-ethyl adjacent to an activating group) is 1. The molecule has 23 heteroatoms. The molecule has 2 heterocycles. The number of anilines is 5. The maximum Gasteiger partial charge on any atom is 0.299 e. The number of aromatic amines is 1. The number of H-pyrrole nitrogens is 1. The van der Waals surface area contributed by atoms with Crippen LogP contribution in [0.1, 0.15) is 11.3 Å². The number of aromatic nitrogens is 5. The number of aryl methyl sites for hydroxylation is 2. The number of hydrogen-bond donors (Lipinski definition) is 7. The minimum absolute atomic E-state index is 0.00182. The molecule has 5 rings (SSSR count). The maximum atomic E-state index is 13.4. The fraction of sp³-hybridized carbons (Fsp3) is 0.226. The highest BCUT2D eigenvalue weighted by atomic mass is 35.5. The van der Waals surface area contributed by atoms with Crippen LogP contribution in [0.15, 0.2) is 79.4 Å². The van der Waals surface area contributed by atoms with Gasteiger partial charge in [-0.3, -0.25) is 19.0 Å². The third-order valence-electron chi connectivity index (χ3n) is 7.56. The number of hydrogen-bond acceptors (Lipinski definition) is 15. The molecule has 286 valence electrons. The van der Waals surface area contributed by atoms with E-state index in [-0.39, 0.29) is 62.8 Å².